The van der Waals surface area contributed by atoms with Crippen molar-refractivity contribution in [2.75, 3.05) is 32.8 Å². The van der Waals surface area contributed by atoms with Gasteiger partial charge in [-0.2, -0.15) is 0 Å². The molecule has 1 fully saturated rings. The minimum Gasteiger partial charge on any atom is -0.481 e. The summed E-state index contributed by atoms with van der Waals surface area (Å²) < 4.78 is 7.29. The lowest BCUT2D eigenvalue weighted by atomic mass is 10.1. The van der Waals surface area contributed by atoms with Crippen molar-refractivity contribution in [1.29, 1.82) is 0 Å². The molecule has 4 aromatic rings. The van der Waals surface area contributed by atoms with E-state index in [-0.39, 0.29) is 6.42 Å². The van der Waals surface area contributed by atoms with Gasteiger partial charge in [-0.3, -0.25) is 14.7 Å². The summed E-state index contributed by atoms with van der Waals surface area (Å²) in [6.45, 7) is 4.45. The minimum absolute atomic E-state index is 0.0200. The van der Waals surface area contributed by atoms with E-state index in [0.29, 0.717) is 5.82 Å². The van der Waals surface area contributed by atoms with Crippen LogP contribution < -0.4 is 0 Å². The molecule has 0 atom stereocenters. The van der Waals surface area contributed by atoms with Crippen LogP contribution in [0, 0.1) is 0 Å². The average Bonchev–Trinajstić information content (AvgIpc) is 3.43. The fourth-order valence-electron chi connectivity index (χ4n) is 4.24. The molecule has 0 aliphatic carbocycles. The first-order valence-electron chi connectivity index (χ1n) is 10.8. The number of fused-ring (bicyclic) bond motifs is 1. The van der Waals surface area contributed by atoms with Crippen LogP contribution in [-0.2, 0) is 22.4 Å². The van der Waals surface area contributed by atoms with Gasteiger partial charge in [-0.05, 0) is 29.7 Å². The SMILES string of the molecule is O=C(O)Cc1ccn(-c2cncc(-c3[nH]c4ccccc4c3CCN3CCOCC3)n2)c1. The molecule has 8 heteroatoms. The first kappa shape index (κ1) is 20.4. The van der Waals surface area contributed by atoms with Gasteiger partial charge in [-0.25, -0.2) is 4.98 Å². The summed E-state index contributed by atoms with van der Waals surface area (Å²) in [5.41, 5.74) is 4.78. The molecule has 0 bridgehead atoms. The van der Waals surface area contributed by atoms with Crippen LogP contribution in [0.25, 0.3) is 28.1 Å². The van der Waals surface area contributed by atoms with Gasteiger partial charge in [0.1, 0.15) is 5.69 Å². The molecule has 2 N–H and O–H groups in total. The van der Waals surface area contributed by atoms with E-state index < -0.39 is 5.97 Å². The number of nitrogens with zero attached hydrogens (tertiary/aromatic N) is 4. The third-order valence-electron chi connectivity index (χ3n) is 5.85. The van der Waals surface area contributed by atoms with Crippen molar-refractivity contribution in [3.63, 3.8) is 0 Å². The number of aliphatic carboxylic acids is 1. The lowest BCUT2D eigenvalue weighted by Gasteiger charge is -2.26. The van der Waals surface area contributed by atoms with Crippen molar-refractivity contribution in [1.82, 2.24) is 24.4 Å². The number of para-hydroxylation sites is 1. The Bertz CT molecular complexity index is 1240. The molecule has 1 aliphatic rings. The van der Waals surface area contributed by atoms with E-state index in [1.54, 1.807) is 24.7 Å². The number of hydrogen-bond donors (Lipinski definition) is 2. The van der Waals surface area contributed by atoms with Gasteiger partial charge in [-0.1, -0.05) is 18.2 Å². The Hall–Kier alpha value is -3.49. The highest BCUT2D eigenvalue weighted by molar-refractivity contribution is 5.90. The molecule has 1 aromatic carbocycles. The molecule has 164 valence electrons. The molecule has 3 aromatic heterocycles. The van der Waals surface area contributed by atoms with E-state index in [4.69, 9.17) is 14.8 Å². The summed E-state index contributed by atoms with van der Waals surface area (Å²) in [7, 11) is 0. The molecule has 0 amide bonds. The Morgan fingerprint density at radius 2 is 2.00 bits per heavy atom. The van der Waals surface area contributed by atoms with Gasteiger partial charge in [0, 0.05) is 42.9 Å². The molecule has 5 rings (SSSR count). The molecular formula is C24H25N5O3. The smallest absolute Gasteiger partial charge is 0.307 e. The van der Waals surface area contributed by atoms with Crippen LogP contribution in [0.3, 0.4) is 0 Å². The molecular weight excluding hydrogens is 406 g/mol. The van der Waals surface area contributed by atoms with Crippen molar-refractivity contribution in [2.45, 2.75) is 12.8 Å². The number of carbonyl (C=O) groups is 1. The maximum absolute atomic E-state index is 11.0. The number of carboxylic acid groups (broad SMARTS) is 1. The van der Waals surface area contributed by atoms with Crippen LogP contribution in [0.4, 0.5) is 0 Å². The fourth-order valence-corrected chi connectivity index (χ4v) is 4.24. The Labute approximate surface area is 185 Å². The third-order valence-corrected chi connectivity index (χ3v) is 5.85. The Morgan fingerprint density at radius 1 is 1.16 bits per heavy atom. The summed E-state index contributed by atoms with van der Waals surface area (Å²) in [6.07, 6.45) is 7.94. The molecule has 8 nitrogen and oxygen atoms in total. The number of rotatable bonds is 7. The first-order valence-corrected chi connectivity index (χ1v) is 10.8. The predicted molar refractivity (Wildman–Crippen MR) is 121 cm³/mol. The van der Waals surface area contributed by atoms with Crippen LogP contribution in [-0.4, -0.2) is 68.3 Å². The number of benzene rings is 1. The zero-order valence-electron chi connectivity index (χ0n) is 17.7. The molecule has 1 aliphatic heterocycles. The van der Waals surface area contributed by atoms with Crippen LogP contribution in [0.1, 0.15) is 11.1 Å². The van der Waals surface area contributed by atoms with Crippen LogP contribution in [0.5, 0.6) is 0 Å². The van der Waals surface area contributed by atoms with Gasteiger partial charge < -0.3 is 19.4 Å². The third kappa shape index (κ3) is 4.28. The van der Waals surface area contributed by atoms with Crippen molar-refractivity contribution in [3.8, 4) is 17.2 Å². The normalized spacial score (nSPS) is 14.8. The minimum atomic E-state index is -0.856. The molecule has 0 unspecified atom stereocenters. The monoisotopic (exact) mass is 431 g/mol. The summed E-state index contributed by atoms with van der Waals surface area (Å²) in [5.74, 6) is -0.206. The number of aromatic nitrogens is 4. The molecule has 0 radical (unpaired) electrons. The summed E-state index contributed by atoms with van der Waals surface area (Å²) in [4.78, 5) is 26.2. The van der Waals surface area contributed by atoms with E-state index in [2.05, 4.69) is 33.1 Å². The molecule has 32 heavy (non-hydrogen) atoms. The average molecular weight is 431 g/mol. The standard InChI is InChI=1S/C24H25N5O3/c30-23(31)13-17-5-8-29(16-17)22-15-25-14-21(26-22)24-19(6-7-28-9-11-32-12-10-28)18-3-1-2-4-20(18)27-24/h1-5,8,14-16,27H,6-7,9-13H2,(H,30,31). The van der Waals surface area contributed by atoms with Gasteiger partial charge in [0.15, 0.2) is 5.82 Å². The van der Waals surface area contributed by atoms with E-state index in [1.807, 2.05) is 16.8 Å². The van der Waals surface area contributed by atoms with Crippen molar-refractivity contribution in [3.05, 3.63) is 66.2 Å². The Morgan fingerprint density at radius 3 is 2.84 bits per heavy atom. The topological polar surface area (TPSA) is 96.3 Å². The number of nitrogens with one attached hydrogen (secondary N) is 1. The number of aromatic amines is 1. The Kier molecular flexibility index (Phi) is 5.70. The quantitative estimate of drug-likeness (QED) is 0.467. The lowest BCUT2D eigenvalue weighted by molar-refractivity contribution is -0.136. The molecule has 4 heterocycles. The second-order valence-corrected chi connectivity index (χ2v) is 7.99. The van der Waals surface area contributed by atoms with E-state index in [1.165, 1.54) is 10.9 Å². The highest BCUT2D eigenvalue weighted by Gasteiger charge is 2.17. The van der Waals surface area contributed by atoms with Gasteiger partial charge in [-0.15, -0.1) is 0 Å². The van der Waals surface area contributed by atoms with E-state index >= 15 is 0 Å². The maximum atomic E-state index is 11.0. The maximum Gasteiger partial charge on any atom is 0.307 e. The van der Waals surface area contributed by atoms with Crippen molar-refractivity contribution < 1.29 is 14.6 Å². The van der Waals surface area contributed by atoms with Crippen LogP contribution >= 0.6 is 0 Å². The molecule has 0 spiro atoms. The van der Waals surface area contributed by atoms with Crippen molar-refractivity contribution >= 4 is 16.9 Å². The predicted octanol–water partition coefficient (Wildman–Crippen LogP) is 2.92. The summed E-state index contributed by atoms with van der Waals surface area (Å²) in [5, 5.41) is 10.2. The molecule has 1 saturated heterocycles. The zero-order chi connectivity index (χ0) is 21.9. The van der Waals surface area contributed by atoms with E-state index in [0.717, 1.165) is 61.7 Å². The zero-order valence-corrected chi connectivity index (χ0v) is 17.7. The number of ether oxygens (including phenoxy) is 1. The number of morpholine rings is 1. The number of H-pyrrole nitrogens is 1. The number of hydrogen-bond acceptors (Lipinski definition) is 5. The van der Waals surface area contributed by atoms with Crippen LogP contribution in [0.15, 0.2) is 55.1 Å². The summed E-state index contributed by atoms with van der Waals surface area (Å²) in [6, 6.07) is 10.1. The summed E-state index contributed by atoms with van der Waals surface area (Å²) >= 11 is 0. The van der Waals surface area contributed by atoms with Crippen LogP contribution in [0.2, 0.25) is 0 Å². The van der Waals surface area contributed by atoms with Gasteiger partial charge in [0.25, 0.3) is 0 Å². The van der Waals surface area contributed by atoms with Gasteiger partial charge >= 0.3 is 5.97 Å². The second kappa shape index (κ2) is 8.94. The lowest BCUT2D eigenvalue weighted by Crippen LogP contribution is -2.37. The second-order valence-electron chi connectivity index (χ2n) is 7.99. The largest absolute Gasteiger partial charge is 0.481 e. The first-order chi connectivity index (χ1) is 15.7. The molecule has 0 saturated carbocycles. The van der Waals surface area contributed by atoms with Crippen molar-refractivity contribution in [2.24, 2.45) is 0 Å². The van der Waals surface area contributed by atoms with Gasteiger partial charge in [0.05, 0.1) is 37.7 Å². The number of carboxylic acids is 1. The highest BCUT2D eigenvalue weighted by Crippen LogP contribution is 2.30. The Balaban J connectivity index is 1.48. The van der Waals surface area contributed by atoms with E-state index in [9.17, 15) is 4.79 Å². The highest BCUT2D eigenvalue weighted by atomic mass is 16.5. The van der Waals surface area contributed by atoms with Gasteiger partial charge in [0.2, 0.25) is 0 Å². The fraction of sp³-hybridized carbons (Fsp3) is 0.292.